The Balaban J connectivity index is 3.73. The minimum absolute atomic E-state index is 0.0314. The fraction of sp³-hybridized carbons (Fsp3) is 0.700. The van der Waals surface area contributed by atoms with Crippen LogP contribution in [0.3, 0.4) is 0 Å². The quantitative estimate of drug-likeness (QED) is 0.554. The van der Waals surface area contributed by atoms with E-state index >= 15 is 0 Å². The van der Waals surface area contributed by atoms with Crippen molar-refractivity contribution < 1.29 is 28.6 Å². The topological polar surface area (TPSA) is 105 Å². The van der Waals surface area contributed by atoms with Crippen LogP contribution < -0.4 is 5.73 Å². The molecule has 2 N–H and O–H groups in total. The van der Waals surface area contributed by atoms with Crippen molar-refractivity contribution in [3.05, 3.63) is 0 Å². The van der Waals surface area contributed by atoms with E-state index in [2.05, 4.69) is 14.2 Å². The van der Waals surface area contributed by atoms with Gasteiger partial charge in [-0.2, -0.15) is 0 Å². The number of thioether (sulfide) groups is 1. The fourth-order valence-electron chi connectivity index (χ4n) is 0.721. The van der Waals surface area contributed by atoms with Crippen LogP contribution in [0.2, 0.25) is 0 Å². The molecular weight excluding hydrogens is 262 g/mol. The van der Waals surface area contributed by atoms with E-state index in [1.54, 1.807) is 13.8 Å². The van der Waals surface area contributed by atoms with Crippen LogP contribution in [0, 0.1) is 5.92 Å². The van der Waals surface area contributed by atoms with E-state index in [0.29, 0.717) is 11.8 Å². The first-order valence-corrected chi connectivity index (χ1v) is 6.16. The zero-order valence-corrected chi connectivity index (χ0v) is 11.3. The van der Waals surface area contributed by atoms with Gasteiger partial charge in [0.1, 0.15) is 6.04 Å². The van der Waals surface area contributed by atoms with Gasteiger partial charge in [-0.15, -0.1) is 0 Å². The van der Waals surface area contributed by atoms with Gasteiger partial charge in [0, 0.05) is 5.75 Å². The minimum Gasteiger partial charge on any atom is -0.468 e. The zero-order chi connectivity index (χ0) is 14.1. The lowest BCUT2D eigenvalue weighted by Gasteiger charge is -2.09. The smallest absolute Gasteiger partial charge is 0.370 e. The molecule has 0 bridgehead atoms. The van der Waals surface area contributed by atoms with E-state index in [1.165, 1.54) is 7.11 Å². The summed E-state index contributed by atoms with van der Waals surface area (Å²) >= 11 is 0.710. The molecule has 0 rings (SSSR count). The second-order valence-electron chi connectivity index (χ2n) is 3.57. The molecule has 0 unspecified atom stereocenters. The van der Waals surface area contributed by atoms with Gasteiger partial charge in [0.15, 0.2) is 0 Å². The Labute approximate surface area is 109 Å². The Morgan fingerprint density at radius 2 is 1.78 bits per heavy atom. The third kappa shape index (κ3) is 7.13. The molecule has 0 amide bonds. The van der Waals surface area contributed by atoms with Crippen LogP contribution in [-0.2, 0) is 23.8 Å². The first-order valence-electron chi connectivity index (χ1n) is 5.18. The van der Waals surface area contributed by atoms with Gasteiger partial charge < -0.3 is 19.9 Å². The number of hydrogen-bond acceptors (Lipinski definition) is 8. The van der Waals surface area contributed by atoms with Crippen LogP contribution in [0.1, 0.15) is 13.8 Å². The van der Waals surface area contributed by atoms with Crippen LogP contribution in [-0.4, -0.2) is 42.9 Å². The van der Waals surface area contributed by atoms with Crippen LogP contribution >= 0.6 is 11.8 Å². The summed E-state index contributed by atoms with van der Waals surface area (Å²) in [5.74, 6) is -1.33. The molecule has 0 aliphatic heterocycles. The molecule has 0 aromatic carbocycles. The number of rotatable bonds is 6. The van der Waals surface area contributed by atoms with Crippen LogP contribution in [0.5, 0.6) is 0 Å². The lowest BCUT2D eigenvalue weighted by molar-refractivity contribution is -0.155. The number of nitrogens with two attached hydrogens (primary N) is 1. The van der Waals surface area contributed by atoms with Crippen molar-refractivity contribution in [1.82, 2.24) is 0 Å². The van der Waals surface area contributed by atoms with Gasteiger partial charge in [-0.1, -0.05) is 13.8 Å². The van der Waals surface area contributed by atoms with Gasteiger partial charge >= 0.3 is 17.2 Å². The first-order chi connectivity index (χ1) is 8.38. The maximum Gasteiger partial charge on any atom is 0.370 e. The molecule has 0 radical (unpaired) electrons. The second-order valence-corrected chi connectivity index (χ2v) is 4.53. The Morgan fingerprint density at radius 3 is 2.28 bits per heavy atom. The zero-order valence-electron chi connectivity index (χ0n) is 10.5. The van der Waals surface area contributed by atoms with Gasteiger partial charge in [-0.25, -0.2) is 4.79 Å². The van der Waals surface area contributed by atoms with Gasteiger partial charge in [-0.3, -0.25) is 9.59 Å². The number of ether oxygens (including phenoxy) is 3. The minimum atomic E-state index is -0.897. The lowest BCUT2D eigenvalue weighted by Crippen LogP contribution is -2.34. The summed E-state index contributed by atoms with van der Waals surface area (Å²) in [4.78, 5) is 33.1. The SMILES string of the molecule is COC(=O)[C@@H](N)CSC(=O)OCOC(=O)C(C)C. The summed E-state index contributed by atoms with van der Waals surface area (Å²) in [6.07, 6.45) is 0. The average Bonchev–Trinajstić information content (AvgIpc) is 2.34. The molecule has 0 aliphatic carbocycles. The summed E-state index contributed by atoms with van der Waals surface area (Å²) in [5, 5.41) is -0.675. The molecule has 0 aromatic rings. The Morgan fingerprint density at radius 1 is 1.17 bits per heavy atom. The third-order valence-electron chi connectivity index (χ3n) is 1.73. The number of carbonyl (C=O) groups excluding carboxylic acids is 3. The Kier molecular flexibility index (Phi) is 8.14. The van der Waals surface area contributed by atoms with E-state index in [-0.39, 0.29) is 11.7 Å². The summed E-state index contributed by atoms with van der Waals surface area (Å²) in [5.41, 5.74) is 5.40. The van der Waals surface area contributed by atoms with Crippen LogP contribution in [0.4, 0.5) is 4.79 Å². The number of methoxy groups -OCH3 is 1. The normalized spacial score (nSPS) is 11.8. The van der Waals surface area contributed by atoms with Crippen molar-refractivity contribution >= 4 is 29.0 Å². The summed E-state index contributed by atoms with van der Waals surface area (Å²) in [6, 6.07) is -0.897. The van der Waals surface area contributed by atoms with Crippen LogP contribution in [0.25, 0.3) is 0 Å². The molecular formula is C10H17NO6S. The first kappa shape index (κ1) is 16.7. The van der Waals surface area contributed by atoms with Crippen molar-refractivity contribution in [3.8, 4) is 0 Å². The highest BCUT2D eigenvalue weighted by atomic mass is 32.2. The molecule has 0 saturated carbocycles. The predicted molar refractivity (Wildman–Crippen MR) is 64.7 cm³/mol. The summed E-state index contributed by atoms with van der Waals surface area (Å²) in [7, 11) is 1.20. The third-order valence-corrected chi connectivity index (χ3v) is 2.61. The number of carbonyl (C=O) groups is 3. The van der Waals surface area contributed by atoms with Crippen molar-refractivity contribution in [3.63, 3.8) is 0 Å². The molecule has 1 atom stereocenters. The standard InChI is InChI=1S/C10H17NO6S/c1-6(2)8(12)16-5-17-10(14)18-4-7(11)9(13)15-3/h6-7H,4-5,11H2,1-3H3/t7-/m0/s1. The van der Waals surface area contributed by atoms with Gasteiger partial charge in [0.05, 0.1) is 13.0 Å². The highest BCUT2D eigenvalue weighted by Crippen LogP contribution is 2.07. The summed E-state index contributed by atoms with van der Waals surface area (Å²) < 4.78 is 13.6. The van der Waals surface area contributed by atoms with E-state index in [9.17, 15) is 14.4 Å². The molecule has 8 heteroatoms. The highest BCUT2D eigenvalue weighted by Gasteiger charge is 2.17. The van der Waals surface area contributed by atoms with Gasteiger partial charge in [0.2, 0.25) is 6.79 Å². The van der Waals surface area contributed by atoms with Gasteiger partial charge in [-0.05, 0) is 11.8 Å². The highest BCUT2D eigenvalue weighted by molar-refractivity contribution is 8.13. The van der Waals surface area contributed by atoms with E-state index < -0.39 is 30.1 Å². The van der Waals surface area contributed by atoms with Crippen molar-refractivity contribution in [2.45, 2.75) is 19.9 Å². The maximum atomic E-state index is 11.2. The Hall–Kier alpha value is -1.28. The molecule has 0 spiro atoms. The van der Waals surface area contributed by atoms with Crippen LogP contribution in [0.15, 0.2) is 0 Å². The van der Waals surface area contributed by atoms with E-state index in [0.717, 1.165) is 0 Å². The largest absolute Gasteiger partial charge is 0.468 e. The Bertz CT molecular complexity index is 307. The molecule has 18 heavy (non-hydrogen) atoms. The van der Waals surface area contributed by atoms with E-state index in [4.69, 9.17) is 5.73 Å². The lowest BCUT2D eigenvalue weighted by atomic mass is 10.2. The predicted octanol–water partition coefficient (Wildman–Crippen LogP) is 0.513. The number of esters is 2. The second kappa shape index (κ2) is 8.76. The van der Waals surface area contributed by atoms with Crippen molar-refractivity contribution in [2.75, 3.05) is 19.7 Å². The maximum absolute atomic E-state index is 11.2. The average molecular weight is 279 g/mol. The van der Waals surface area contributed by atoms with E-state index in [1.807, 2.05) is 0 Å². The molecule has 104 valence electrons. The molecule has 0 saturated heterocycles. The van der Waals surface area contributed by atoms with Gasteiger partial charge in [0.25, 0.3) is 0 Å². The van der Waals surface area contributed by atoms with Crippen molar-refractivity contribution in [1.29, 1.82) is 0 Å². The molecule has 7 nitrogen and oxygen atoms in total. The monoisotopic (exact) mass is 279 g/mol. The fourth-order valence-corrected chi connectivity index (χ4v) is 1.30. The summed E-state index contributed by atoms with van der Waals surface area (Å²) in [6.45, 7) is 2.87. The molecule has 0 aliphatic rings. The van der Waals surface area contributed by atoms with Crippen molar-refractivity contribution in [2.24, 2.45) is 11.7 Å². The molecule has 0 fully saturated rings. The number of hydrogen-bond donors (Lipinski definition) is 1. The molecule has 0 aromatic heterocycles. The molecule has 0 heterocycles.